The molecule has 1 amide bonds. The summed E-state index contributed by atoms with van der Waals surface area (Å²) in [5, 5.41) is 0. The summed E-state index contributed by atoms with van der Waals surface area (Å²) in [7, 11) is 0. The van der Waals surface area contributed by atoms with Crippen molar-refractivity contribution >= 4 is 24.5 Å². The van der Waals surface area contributed by atoms with Crippen molar-refractivity contribution in [1.29, 1.82) is 0 Å². The van der Waals surface area contributed by atoms with Crippen molar-refractivity contribution in [2.24, 2.45) is 9.98 Å². The van der Waals surface area contributed by atoms with Crippen LogP contribution < -0.4 is 0 Å². The molecule has 0 saturated heterocycles. The van der Waals surface area contributed by atoms with Crippen LogP contribution >= 0.6 is 12.4 Å². The Morgan fingerprint density at radius 1 is 1.38 bits per heavy atom. The number of carbonyl (C=O) groups is 1. The van der Waals surface area contributed by atoms with Gasteiger partial charge in [-0.1, -0.05) is 30.3 Å². The highest BCUT2D eigenvalue weighted by molar-refractivity contribution is 5.85. The van der Waals surface area contributed by atoms with Crippen LogP contribution in [0.1, 0.15) is 12.5 Å². The van der Waals surface area contributed by atoms with Crippen LogP contribution in [0.15, 0.2) is 40.3 Å². The van der Waals surface area contributed by atoms with Gasteiger partial charge in [0.2, 0.25) is 0 Å². The van der Waals surface area contributed by atoms with Gasteiger partial charge in [-0.25, -0.2) is 9.79 Å². The van der Waals surface area contributed by atoms with Crippen molar-refractivity contribution in [3.05, 3.63) is 35.9 Å². The van der Waals surface area contributed by atoms with E-state index in [2.05, 4.69) is 16.0 Å². The smallest absolute Gasteiger partial charge is 0.443 e. The highest BCUT2D eigenvalue weighted by Gasteiger charge is 1.98. The Hall–Kier alpha value is -1.64. The van der Waals surface area contributed by atoms with E-state index in [-0.39, 0.29) is 19.0 Å². The van der Waals surface area contributed by atoms with Crippen LogP contribution in [0.2, 0.25) is 0 Å². The summed E-state index contributed by atoms with van der Waals surface area (Å²) < 4.78 is 4.85. The van der Waals surface area contributed by atoms with Gasteiger partial charge in [-0.05, 0) is 12.5 Å². The molecule has 1 aromatic carbocycles. The topological polar surface area (TPSA) is 51.0 Å². The summed E-state index contributed by atoms with van der Waals surface area (Å²) in [6.45, 7) is 2.60. The van der Waals surface area contributed by atoms with Crippen molar-refractivity contribution in [3.8, 4) is 0 Å². The van der Waals surface area contributed by atoms with E-state index in [0.717, 1.165) is 5.56 Å². The summed E-state index contributed by atoms with van der Waals surface area (Å²) >= 11 is 0. The SMILES string of the molecule is CCN=C=NC(=O)OCc1ccccc1.Cl. The van der Waals surface area contributed by atoms with E-state index in [1.54, 1.807) is 0 Å². The first-order valence-electron chi connectivity index (χ1n) is 4.66. The van der Waals surface area contributed by atoms with E-state index < -0.39 is 6.09 Å². The fourth-order valence-electron chi connectivity index (χ4n) is 0.898. The second-order valence-electron chi connectivity index (χ2n) is 2.73. The lowest BCUT2D eigenvalue weighted by Gasteiger charge is -1.99. The van der Waals surface area contributed by atoms with Gasteiger partial charge in [0.15, 0.2) is 0 Å². The van der Waals surface area contributed by atoms with Crippen LogP contribution in [-0.4, -0.2) is 18.6 Å². The molecule has 0 heterocycles. The lowest BCUT2D eigenvalue weighted by molar-refractivity contribution is 0.151. The van der Waals surface area contributed by atoms with Gasteiger partial charge in [0.25, 0.3) is 0 Å². The van der Waals surface area contributed by atoms with E-state index in [0.29, 0.717) is 6.54 Å². The quantitative estimate of drug-likeness (QED) is 0.763. The van der Waals surface area contributed by atoms with Crippen LogP contribution in [0.4, 0.5) is 4.79 Å². The molecular formula is C11H13ClN2O2. The van der Waals surface area contributed by atoms with Crippen molar-refractivity contribution in [3.63, 3.8) is 0 Å². The Morgan fingerprint density at radius 2 is 2.06 bits per heavy atom. The number of amides is 1. The summed E-state index contributed by atoms with van der Waals surface area (Å²) in [5.74, 6) is 0. The molecule has 0 aliphatic carbocycles. The summed E-state index contributed by atoms with van der Waals surface area (Å²) in [5.41, 5.74) is 0.925. The highest BCUT2D eigenvalue weighted by Crippen LogP contribution is 2.00. The van der Waals surface area contributed by atoms with E-state index in [9.17, 15) is 4.79 Å². The molecule has 0 aliphatic heterocycles. The lowest BCUT2D eigenvalue weighted by Crippen LogP contribution is -1.98. The average molecular weight is 241 g/mol. The second kappa shape index (κ2) is 8.65. The number of benzene rings is 1. The third-order valence-corrected chi connectivity index (χ3v) is 1.58. The Labute approximate surface area is 100 Å². The van der Waals surface area contributed by atoms with Gasteiger partial charge < -0.3 is 4.74 Å². The predicted molar refractivity (Wildman–Crippen MR) is 64.3 cm³/mol. The van der Waals surface area contributed by atoms with E-state index in [1.165, 1.54) is 0 Å². The highest BCUT2D eigenvalue weighted by atomic mass is 35.5. The molecule has 86 valence electrons. The number of halogens is 1. The fourth-order valence-corrected chi connectivity index (χ4v) is 0.898. The van der Waals surface area contributed by atoms with Gasteiger partial charge in [-0.2, -0.15) is 0 Å². The monoisotopic (exact) mass is 240 g/mol. The molecule has 0 N–H and O–H groups in total. The van der Waals surface area contributed by atoms with Crippen LogP contribution in [0.5, 0.6) is 0 Å². The van der Waals surface area contributed by atoms with Crippen LogP contribution in [0.25, 0.3) is 0 Å². The molecule has 0 unspecified atom stereocenters. The number of hydrogen-bond donors (Lipinski definition) is 0. The number of ether oxygens (including phenoxy) is 1. The maximum absolute atomic E-state index is 11.0. The van der Waals surface area contributed by atoms with Gasteiger partial charge in [0, 0.05) is 6.54 Å². The first kappa shape index (κ1) is 14.4. The lowest BCUT2D eigenvalue weighted by atomic mass is 10.2. The normalized spacial score (nSPS) is 8.31. The Morgan fingerprint density at radius 3 is 2.69 bits per heavy atom. The summed E-state index contributed by atoms with van der Waals surface area (Å²) in [6.07, 6.45) is -0.670. The molecule has 16 heavy (non-hydrogen) atoms. The van der Waals surface area contributed by atoms with Gasteiger partial charge >= 0.3 is 6.09 Å². The number of hydrogen-bond acceptors (Lipinski definition) is 3. The number of nitrogens with zero attached hydrogens (tertiary/aromatic N) is 2. The fraction of sp³-hybridized carbons (Fsp3) is 0.273. The molecule has 0 atom stereocenters. The van der Waals surface area contributed by atoms with Crippen molar-refractivity contribution < 1.29 is 9.53 Å². The van der Waals surface area contributed by atoms with Gasteiger partial charge in [-0.15, -0.1) is 17.4 Å². The molecule has 0 bridgehead atoms. The number of aliphatic imine (C=N–C) groups is 2. The van der Waals surface area contributed by atoms with Gasteiger partial charge in [0.1, 0.15) is 12.6 Å². The minimum absolute atomic E-state index is 0. The molecule has 0 radical (unpaired) electrons. The molecule has 1 aromatic rings. The van der Waals surface area contributed by atoms with E-state index in [1.807, 2.05) is 37.3 Å². The predicted octanol–water partition coefficient (Wildman–Crippen LogP) is 2.94. The summed E-state index contributed by atoms with van der Waals surface area (Å²) in [4.78, 5) is 18.0. The Bertz CT molecular complexity index is 373. The van der Waals surface area contributed by atoms with Crippen LogP contribution in [-0.2, 0) is 11.3 Å². The largest absolute Gasteiger partial charge is 0.443 e. The molecule has 0 spiro atoms. The van der Waals surface area contributed by atoms with Gasteiger partial charge in [-0.3, -0.25) is 0 Å². The third-order valence-electron chi connectivity index (χ3n) is 1.58. The molecule has 0 aromatic heterocycles. The Balaban J connectivity index is 0.00000225. The van der Waals surface area contributed by atoms with Crippen LogP contribution in [0, 0.1) is 0 Å². The molecule has 1 rings (SSSR count). The Kier molecular flexibility index (Phi) is 7.76. The minimum atomic E-state index is -0.670. The van der Waals surface area contributed by atoms with Crippen molar-refractivity contribution in [2.75, 3.05) is 6.54 Å². The standard InChI is InChI=1S/C11H12N2O2.ClH/c1-2-12-9-13-11(14)15-8-10-6-4-3-5-7-10;/h3-7H,2,8H2,1H3;1H. The molecule has 4 nitrogen and oxygen atoms in total. The van der Waals surface area contributed by atoms with Crippen molar-refractivity contribution in [1.82, 2.24) is 0 Å². The zero-order valence-electron chi connectivity index (χ0n) is 8.92. The minimum Gasteiger partial charge on any atom is -0.443 e. The van der Waals surface area contributed by atoms with Gasteiger partial charge in [0.05, 0.1) is 0 Å². The average Bonchev–Trinajstić information content (AvgIpc) is 2.28. The zero-order chi connectivity index (χ0) is 10.9. The number of carbonyl (C=O) groups excluding carboxylic acids is 1. The van der Waals surface area contributed by atoms with Crippen LogP contribution in [0.3, 0.4) is 0 Å². The summed E-state index contributed by atoms with van der Waals surface area (Å²) in [6, 6.07) is 11.7. The first-order valence-corrected chi connectivity index (χ1v) is 4.66. The molecule has 5 heteroatoms. The zero-order valence-corrected chi connectivity index (χ0v) is 9.74. The molecule has 0 fully saturated rings. The molecule has 0 saturated carbocycles. The van der Waals surface area contributed by atoms with Crippen molar-refractivity contribution in [2.45, 2.75) is 13.5 Å². The maximum Gasteiger partial charge on any atom is 0.443 e. The maximum atomic E-state index is 11.0. The first-order chi connectivity index (χ1) is 7.33. The van der Waals surface area contributed by atoms with E-state index >= 15 is 0 Å². The number of rotatable bonds is 3. The molecule has 0 aliphatic rings. The second-order valence-corrected chi connectivity index (χ2v) is 2.73. The van der Waals surface area contributed by atoms with E-state index in [4.69, 9.17) is 4.74 Å². The third kappa shape index (κ3) is 5.96. The molecular weight excluding hydrogens is 228 g/mol.